The van der Waals surface area contributed by atoms with Crippen molar-refractivity contribution in [3.63, 3.8) is 0 Å². The van der Waals surface area contributed by atoms with Gasteiger partial charge in [0.15, 0.2) is 0 Å². The van der Waals surface area contributed by atoms with Crippen molar-refractivity contribution >= 4 is 28.2 Å². The number of nitrogens with zero attached hydrogens (tertiary/aromatic N) is 7. The molecule has 2 aromatic heterocycles. The van der Waals surface area contributed by atoms with E-state index in [4.69, 9.17) is 5.73 Å². The summed E-state index contributed by atoms with van der Waals surface area (Å²) in [5, 5.41) is 44.9. The minimum atomic E-state index is -1.81. The summed E-state index contributed by atoms with van der Waals surface area (Å²) in [6.45, 7) is 6.73. The van der Waals surface area contributed by atoms with E-state index in [1.54, 1.807) is 36.4 Å². The number of amides is 1. The number of benzene rings is 2. The van der Waals surface area contributed by atoms with Crippen molar-refractivity contribution in [2.45, 2.75) is 45.2 Å². The number of anilines is 2. The van der Waals surface area contributed by atoms with Crippen molar-refractivity contribution in [1.29, 1.82) is 15.8 Å². The number of carbonyl (C=O) groups excluding carboxylic acids is 1. The van der Waals surface area contributed by atoms with Gasteiger partial charge in [-0.1, -0.05) is 38.1 Å². The minimum absolute atomic E-state index is 0.103. The van der Waals surface area contributed by atoms with Crippen LogP contribution in [0.15, 0.2) is 48.8 Å². The van der Waals surface area contributed by atoms with Gasteiger partial charge in [-0.3, -0.25) is 9.78 Å². The Morgan fingerprint density at radius 3 is 2.56 bits per heavy atom. The molecule has 2 aromatic carbocycles. The van der Waals surface area contributed by atoms with E-state index in [9.17, 15) is 22.0 Å². The van der Waals surface area contributed by atoms with Crippen molar-refractivity contribution in [1.82, 2.24) is 20.0 Å². The number of nitrogens with one attached hydrogen (secondary N) is 2. The average Bonchev–Trinajstić information content (AvgIpc) is 3.63. The molecule has 2 heterocycles. The van der Waals surface area contributed by atoms with Gasteiger partial charge in [0, 0.05) is 23.8 Å². The first-order valence-corrected chi connectivity index (χ1v) is 13.0. The highest BCUT2D eigenvalue weighted by molar-refractivity contribution is 5.99. The van der Waals surface area contributed by atoms with Crippen LogP contribution in [-0.2, 0) is 10.3 Å². The summed E-state index contributed by atoms with van der Waals surface area (Å²) in [5.74, 6) is -0.529. The molecular weight excluding hydrogens is 516 g/mol. The zero-order valence-electron chi connectivity index (χ0n) is 23.9. The molecule has 1 unspecified atom stereocenters. The van der Waals surface area contributed by atoms with Crippen LogP contribution in [0.2, 0.25) is 0 Å². The number of rotatable bonds is 8. The molecule has 0 bridgehead atoms. The highest BCUT2D eigenvalue weighted by Gasteiger charge is 2.52. The molecule has 11 nitrogen and oxygen atoms in total. The third-order valence-corrected chi connectivity index (χ3v) is 6.93. The van der Waals surface area contributed by atoms with Crippen LogP contribution in [0.1, 0.15) is 68.9 Å². The fourth-order valence-corrected chi connectivity index (χ4v) is 4.56. The highest BCUT2D eigenvalue weighted by atomic mass is 16.2. The molecule has 0 radical (unpaired) electrons. The Morgan fingerprint density at radius 1 is 1.17 bits per heavy atom. The molecule has 0 aliphatic heterocycles. The van der Waals surface area contributed by atoms with Crippen LogP contribution in [-0.4, -0.2) is 32.4 Å². The van der Waals surface area contributed by atoms with Crippen LogP contribution >= 0.6 is 0 Å². The smallest absolute Gasteiger partial charge is 0.245 e. The first-order chi connectivity index (χ1) is 19.9. The predicted octanol–water partition coefficient (Wildman–Crippen LogP) is 4.08. The lowest BCUT2D eigenvalue weighted by molar-refractivity contribution is -0.122. The van der Waals surface area contributed by atoms with E-state index in [2.05, 4.69) is 64.9 Å². The molecule has 1 amide bonds. The predicted molar refractivity (Wildman–Crippen MR) is 152 cm³/mol. The minimum Gasteiger partial charge on any atom is -0.383 e. The number of fused-ring (bicyclic) bond motifs is 1. The molecule has 11 heteroatoms. The quantitative estimate of drug-likeness (QED) is 0.294. The molecule has 41 heavy (non-hydrogen) atoms. The van der Waals surface area contributed by atoms with E-state index in [1.165, 1.54) is 17.1 Å². The number of carbonyl (C=O) groups is 1. The number of nitrogens with two attached hydrogens (primary N) is 1. The number of primary amides is 1. The first kappa shape index (κ1) is 25.8. The summed E-state index contributed by atoms with van der Waals surface area (Å²) in [6, 6.07) is 14.5. The molecular formula is C30H28N10O. The molecule has 1 fully saturated rings. The molecule has 0 spiro atoms. The molecule has 204 valence electrons. The third kappa shape index (κ3) is 5.24. The zero-order chi connectivity index (χ0) is 30.3. The van der Waals surface area contributed by atoms with Crippen molar-refractivity contribution in [3.05, 3.63) is 76.7 Å². The Morgan fingerprint density at radius 2 is 1.93 bits per heavy atom. The first-order valence-electron chi connectivity index (χ1n) is 13.5. The number of hydrogen-bond donors (Lipinski definition) is 3. The van der Waals surface area contributed by atoms with Gasteiger partial charge in [0.1, 0.15) is 23.4 Å². The SMILES string of the molecule is [2H]C(Nc1cc(C#N)c2ncc(C#N)c(NCC(C)(C)C)c2c1)(c1cccc(C#N)c1)c1cn(C2(C(N)=O)CC2)nn1. The van der Waals surface area contributed by atoms with Gasteiger partial charge in [-0.15, -0.1) is 5.10 Å². The van der Waals surface area contributed by atoms with E-state index in [0.29, 0.717) is 58.4 Å². The summed E-state index contributed by atoms with van der Waals surface area (Å²) in [7, 11) is 0. The molecule has 1 aliphatic rings. The maximum Gasteiger partial charge on any atom is 0.245 e. The number of nitriles is 3. The highest BCUT2D eigenvalue weighted by Crippen LogP contribution is 2.43. The Hall–Kier alpha value is -5.47. The van der Waals surface area contributed by atoms with Crippen molar-refractivity contribution < 1.29 is 6.17 Å². The molecule has 4 N–H and O–H groups in total. The standard InChI is InChI=1S/C30H28N10O/c1-29(2,3)17-36-26-21(14-33)15-35-25-20(13-32)10-22(11-23(25)26)37-27(19-6-4-5-18(9-19)12-31)24-16-40(39-38-24)30(7-8-30)28(34)41/h4-6,9-11,15-16,27,37H,7-8,17H2,1-3H3,(H2,34,41)(H,35,36)/i27D. The van der Waals surface area contributed by atoms with E-state index in [0.717, 1.165) is 0 Å². The van der Waals surface area contributed by atoms with Crippen molar-refractivity contribution in [2.75, 3.05) is 17.2 Å². The third-order valence-electron chi connectivity index (χ3n) is 6.93. The van der Waals surface area contributed by atoms with Crippen LogP contribution < -0.4 is 16.4 Å². The van der Waals surface area contributed by atoms with Crippen molar-refractivity contribution in [3.8, 4) is 18.2 Å². The second-order valence-electron chi connectivity index (χ2n) is 11.2. The van der Waals surface area contributed by atoms with E-state index in [-0.39, 0.29) is 16.7 Å². The largest absolute Gasteiger partial charge is 0.383 e. The van der Waals surface area contributed by atoms with Gasteiger partial charge >= 0.3 is 0 Å². The van der Waals surface area contributed by atoms with Crippen molar-refractivity contribution in [2.24, 2.45) is 11.1 Å². The Bertz CT molecular complexity index is 1850. The summed E-state index contributed by atoms with van der Waals surface area (Å²) in [6.07, 6.45) is 3.98. The maximum atomic E-state index is 12.2. The van der Waals surface area contributed by atoms with E-state index < -0.39 is 17.5 Å². The zero-order valence-corrected chi connectivity index (χ0v) is 22.9. The average molecular weight is 546 g/mol. The Balaban J connectivity index is 1.68. The van der Waals surface area contributed by atoms with E-state index >= 15 is 0 Å². The fraction of sp³-hybridized carbons (Fsp3) is 0.300. The maximum absolute atomic E-state index is 12.2. The summed E-state index contributed by atoms with van der Waals surface area (Å²) < 4.78 is 11.1. The van der Waals surface area contributed by atoms with E-state index in [1.807, 2.05) is 0 Å². The van der Waals surface area contributed by atoms with Gasteiger partial charge in [0.25, 0.3) is 0 Å². The van der Waals surface area contributed by atoms with Gasteiger partial charge in [0.2, 0.25) is 5.91 Å². The Labute approximate surface area is 238 Å². The number of hydrogen-bond acceptors (Lipinski definition) is 9. The van der Waals surface area contributed by atoms with Crippen LogP contribution in [0.3, 0.4) is 0 Å². The lowest BCUT2D eigenvalue weighted by Crippen LogP contribution is -2.34. The fourth-order valence-electron chi connectivity index (χ4n) is 4.56. The molecule has 1 atom stereocenters. The van der Waals surface area contributed by atoms with Gasteiger partial charge in [0.05, 0.1) is 47.5 Å². The molecule has 1 saturated carbocycles. The molecule has 5 rings (SSSR count). The van der Waals surface area contributed by atoms with Crippen LogP contribution in [0.5, 0.6) is 0 Å². The van der Waals surface area contributed by atoms with Gasteiger partial charge in [-0.25, -0.2) is 4.68 Å². The summed E-state index contributed by atoms with van der Waals surface area (Å²) in [4.78, 5) is 16.5. The summed E-state index contributed by atoms with van der Waals surface area (Å²) in [5.41, 5.74) is 7.28. The second kappa shape index (κ2) is 10.3. The number of pyridine rings is 1. The molecule has 1 aliphatic carbocycles. The van der Waals surface area contributed by atoms with Gasteiger partial charge < -0.3 is 16.4 Å². The normalized spacial score (nSPS) is 15.5. The van der Waals surface area contributed by atoms with Crippen LogP contribution in [0, 0.1) is 39.4 Å². The number of aromatic nitrogens is 4. The van der Waals surface area contributed by atoms with Gasteiger partial charge in [-0.05, 0) is 48.1 Å². The summed E-state index contributed by atoms with van der Waals surface area (Å²) >= 11 is 0. The van der Waals surface area contributed by atoms with Gasteiger partial charge in [-0.2, -0.15) is 15.8 Å². The second-order valence-corrected chi connectivity index (χ2v) is 11.2. The Kier molecular flexibility index (Phi) is 6.45. The lowest BCUT2D eigenvalue weighted by atomic mass is 9.96. The molecule has 4 aromatic rings. The monoisotopic (exact) mass is 545 g/mol. The topological polar surface area (TPSA) is 182 Å². The van der Waals surface area contributed by atoms with Crippen LogP contribution in [0.25, 0.3) is 10.9 Å². The lowest BCUT2D eigenvalue weighted by Gasteiger charge is -2.22. The molecule has 0 saturated heterocycles. The van der Waals surface area contributed by atoms with Crippen LogP contribution in [0.4, 0.5) is 11.4 Å².